The summed E-state index contributed by atoms with van der Waals surface area (Å²) in [6.07, 6.45) is 0. The van der Waals surface area contributed by atoms with Crippen LogP contribution >= 0.6 is 23.2 Å². The fourth-order valence-electron chi connectivity index (χ4n) is 2.72. The topological polar surface area (TPSA) is 105 Å². The molecule has 11 heteroatoms. The maximum Gasteiger partial charge on any atom is 0.395 e. The van der Waals surface area contributed by atoms with E-state index in [1.54, 1.807) is 12.1 Å². The van der Waals surface area contributed by atoms with E-state index in [-0.39, 0.29) is 11.8 Å². The molecule has 0 spiro atoms. The third kappa shape index (κ3) is 2.99. The van der Waals surface area contributed by atoms with Crippen LogP contribution in [0.2, 0.25) is 10.0 Å². The first kappa shape index (κ1) is 18.2. The van der Waals surface area contributed by atoms with Gasteiger partial charge in [-0.1, -0.05) is 28.2 Å². The Morgan fingerprint density at radius 3 is 2.62 bits per heavy atom. The first-order valence-electron chi connectivity index (χ1n) is 7.42. The molecule has 2 aliphatic rings. The molecule has 1 aromatic carbocycles. The number of fused-ring (bicyclic) bond motifs is 1. The monoisotopic (exact) mass is 398 g/mol. The van der Waals surface area contributed by atoms with Gasteiger partial charge in [0.15, 0.2) is 6.54 Å². The van der Waals surface area contributed by atoms with E-state index in [4.69, 9.17) is 23.2 Å². The van der Waals surface area contributed by atoms with Crippen LogP contribution in [0.25, 0.3) is 0 Å². The number of nitrogens with one attached hydrogen (secondary N) is 1. The minimum Gasteiger partial charge on any atom is -0.479 e. The molecule has 2 aliphatic heterocycles. The Labute approximate surface area is 158 Å². The molecule has 136 valence electrons. The van der Waals surface area contributed by atoms with Crippen LogP contribution < -0.4 is 5.32 Å². The Hall–Kier alpha value is -2.65. The van der Waals surface area contributed by atoms with Gasteiger partial charge in [-0.15, -0.1) is 0 Å². The highest BCUT2D eigenvalue weighted by Gasteiger charge is 2.51. The molecule has 1 fully saturated rings. The largest absolute Gasteiger partial charge is 0.479 e. The summed E-state index contributed by atoms with van der Waals surface area (Å²) >= 11 is 12.0. The average Bonchev–Trinajstić information content (AvgIpc) is 2.91. The molecule has 0 aliphatic carbocycles. The predicted molar refractivity (Wildman–Crippen MR) is 95.0 cm³/mol. The van der Waals surface area contributed by atoms with Gasteiger partial charge in [0.25, 0.3) is 5.91 Å². The number of amidine groups is 1. The number of halogens is 2. The Morgan fingerprint density at radius 2 is 2.00 bits per heavy atom. The van der Waals surface area contributed by atoms with Gasteiger partial charge in [0.2, 0.25) is 11.9 Å². The molecule has 2 N–H and O–H groups in total. The zero-order valence-electron chi connectivity index (χ0n) is 13.7. The van der Waals surface area contributed by atoms with Crippen molar-refractivity contribution >= 4 is 58.6 Å². The maximum atomic E-state index is 12.5. The minimum absolute atomic E-state index is 0.0972. The zero-order valence-corrected chi connectivity index (χ0v) is 15.2. The molecule has 1 unspecified atom stereocenters. The average molecular weight is 399 g/mol. The van der Waals surface area contributed by atoms with Crippen LogP contribution in [-0.4, -0.2) is 75.9 Å². The van der Waals surface area contributed by atoms with Crippen molar-refractivity contribution in [2.45, 2.75) is 6.04 Å². The highest BCUT2D eigenvalue weighted by atomic mass is 35.5. The van der Waals surface area contributed by atoms with Crippen molar-refractivity contribution in [1.82, 2.24) is 9.80 Å². The highest BCUT2D eigenvalue weighted by molar-refractivity contribution is 6.36. The number of carbonyl (C=O) groups is 3. The van der Waals surface area contributed by atoms with Crippen LogP contribution in [0.15, 0.2) is 23.2 Å². The summed E-state index contributed by atoms with van der Waals surface area (Å²) in [5.41, 5.74) is 0.430. The summed E-state index contributed by atoms with van der Waals surface area (Å²) in [6, 6.07) is 3.14. The van der Waals surface area contributed by atoms with Gasteiger partial charge in [-0.3, -0.25) is 14.6 Å². The molecule has 3 rings (SSSR count). The molecular weight excluding hydrogens is 385 g/mol. The molecule has 0 aromatic heterocycles. The lowest BCUT2D eigenvalue weighted by Crippen LogP contribution is -2.61. The van der Waals surface area contributed by atoms with Crippen molar-refractivity contribution in [3.8, 4) is 0 Å². The number of imide groups is 1. The second-order valence-corrected chi connectivity index (χ2v) is 6.55. The summed E-state index contributed by atoms with van der Waals surface area (Å²) in [4.78, 5) is 42.4. The van der Waals surface area contributed by atoms with Gasteiger partial charge < -0.3 is 5.11 Å². The Balaban J connectivity index is 2.06. The van der Waals surface area contributed by atoms with Gasteiger partial charge in [-0.25, -0.2) is 19.5 Å². The number of carbonyl (C=O) groups excluding carboxylic acids is 2. The summed E-state index contributed by atoms with van der Waals surface area (Å²) in [5.74, 6) is -1.48. The number of aliphatic carboxylic acids is 1. The van der Waals surface area contributed by atoms with E-state index in [1.807, 2.05) is 0 Å². The number of benzene rings is 1. The number of urea groups is 1. The first-order valence-corrected chi connectivity index (χ1v) is 8.17. The SMILES string of the molecule is CN1C(=O)C2C(=NC(Nc3ccc(Cl)cc3Cl)=[N+]2CC(=O)O)N(C)C1=O. The second-order valence-electron chi connectivity index (χ2n) is 5.71. The number of likely N-dealkylation sites (N-methyl/N-ethyl adjacent to an activating group) is 2. The summed E-state index contributed by atoms with van der Waals surface area (Å²) in [6.45, 7) is -0.493. The van der Waals surface area contributed by atoms with Crippen molar-refractivity contribution in [1.29, 1.82) is 0 Å². The van der Waals surface area contributed by atoms with Gasteiger partial charge in [-0.05, 0) is 18.2 Å². The van der Waals surface area contributed by atoms with E-state index in [0.717, 1.165) is 4.90 Å². The molecule has 26 heavy (non-hydrogen) atoms. The van der Waals surface area contributed by atoms with Crippen molar-refractivity contribution < 1.29 is 24.1 Å². The predicted octanol–water partition coefficient (Wildman–Crippen LogP) is 1.16. The minimum atomic E-state index is -1.15. The van der Waals surface area contributed by atoms with E-state index < -0.39 is 30.5 Å². The summed E-state index contributed by atoms with van der Waals surface area (Å²) in [5, 5.41) is 12.9. The normalized spacial score (nSPS) is 19.7. The Morgan fingerprint density at radius 1 is 1.31 bits per heavy atom. The standard InChI is InChI=1S/C15H13Cl2N5O4/c1-20-12-11(13(25)21(2)15(20)26)22(6-10(23)24)14(19-12)18-9-4-3-7(16)5-8(9)17/h3-5,11H,6H2,1-2H3,(H,23,24)/p+1. The van der Waals surface area contributed by atoms with Crippen LogP contribution in [0, 0.1) is 0 Å². The molecule has 1 saturated heterocycles. The second kappa shape index (κ2) is 6.58. The maximum absolute atomic E-state index is 12.5. The molecular formula is C15H14Cl2N5O4+. The molecule has 2 heterocycles. The number of amides is 3. The summed E-state index contributed by atoms with van der Waals surface area (Å²) < 4.78 is 1.27. The lowest BCUT2D eigenvalue weighted by Gasteiger charge is -2.31. The van der Waals surface area contributed by atoms with Crippen molar-refractivity contribution in [2.24, 2.45) is 4.99 Å². The lowest BCUT2D eigenvalue weighted by molar-refractivity contribution is -0.525. The fourth-order valence-corrected chi connectivity index (χ4v) is 3.18. The van der Waals surface area contributed by atoms with Crippen LogP contribution in [0.5, 0.6) is 0 Å². The molecule has 1 aromatic rings. The lowest BCUT2D eigenvalue weighted by atomic mass is 10.1. The molecule has 1 atom stereocenters. The smallest absolute Gasteiger partial charge is 0.395 e. The third-order valence-electron chi connectivity index (χ3n) is 4.01. The van der Waals surface area contributed by atoms with E-state index in [9.17, 15) is 19.5 Å². The third-order valence-corrected chi connectivity index (χ3v) is 4.56. The molecule has 9 nitrogen and oxygen atoms in total. The first-order chi connectivity index (χ1) is 12.2. The number of hydrogen-bond acceptors (Lipinski definition) is 5. The van der Waals surface area contributed by atoms with Gasteiger partial charge in [-0.2, -0.15) is 0 Å². The van der Waals surface area contributed by atoms with E-state index >= 15 is 0 Å². The molecule has 0 bridgehead atoms. The number of carboxylic acids is 1. The van der Waals surface area contributed by atoms with E-state index in [1.165, 1.54) is 29.6 Å². The van der Waals surface area contributed by atoms with Gasteiger partial charge in [0.05, 0.1) is 5.02 Å². The van der Waals surface area contributed by atoms with Crippen molar-refractivity contribution in [2.75, 3.05) is 26.0 Å². The van der Waals surface area contributed by atoms with Crippen LogP contribution in [0.4, 0.5) is 10.5 Å². The van der Waals surface area contributed by atoms with E-state index in [2.05, 4.69) is 10.3 Å². The number of aliphatic imine (C=N–C) groups is 1. The van der Waals surface area contributed by atoms with E-state index in [0.29, 0.717) is 15.7 Å². The Kier molecular flexibility index (Phi) is 4.59. The van der Waals surface area contributed by atoms with Crippen LogP contribution in [0.1, 0.15) is 0 Å². The van der Waals surface area contributed by atoms with Crippen LogP contribution in [-0.2, 0) is 9.59 Å². The number of anilines is 1. The fraction of sp³-hybridized carbons (Fsp3) is 0.267. The van der Waals surface area contributed by atoms with Crippen molar-refractivity contribution in [3.63, 3.8) is 0 Å². The van der Waals surface area contributed by atoms with Crippen molar-refractivity contribution in [3.05, 3.63) is 28.2 Å². The number of nitrogens with zero attached hydrogens (tertiary/aromatic N) is 4. The summed E-state index contributed by atoms with van der Waals surface area (Å²) in [7, 11) is 2.80. The number of carboxylic acid groups (broad SMARTS) is 1. The van der Waals surface area contributed by atoms with Gasteiger partial charge in [0, 0.05) is 19.1 Å². The van der Waals surface area contributed by atoms with Gasteiger partial charge >= 0.3 is 18.0 Å². The molecule has 3 amide bonds. The molecule has 0 radical (unpaired) electrons. The number of rotatable bonds is 3. The van der Waals surface area contributed by atoms with Crippen LogP contribution in [0.3, 0.4) is 0 Å². The molecule has 0 saturated carbocycles. The quantitative estimate of drug-likeness (QED) is 0.743. The number of hydrogen-bond donors (Lipinski definition) is 2. The zero-order chi connectivity index (χ0) is 19.2. The Bertz CT molecular complexity index is 898. The number of guanidine groups is 1. The van der Waals surface area contributed by atoms with Gasteiger partial charge in [0.1, 0.15) is 5.69 Å². The highest BCUT2D eigenvalue weighted by Crippen LogP contribution is 2.27.